The number of hydrogen-bond acceptors (Lipinski definition) is 3. The summed E-state index contributed by atoms with van der Waals surface area (Å²) in [6.07, 6.45) is 1.19. The maximum Gasteiger partial charge on any atom is 0.338 e. The molecule has 0 N–H and O–H groups in total. The second-order valence-corrected chi connectivity index (χ2v) is 8.33. The Bertz CT molecular complexity index is 883. The summed E-state index contributed by atoms with van der Waals surface area (Å²) in [5.74, 6) is 7.42. The van der Waals surface area contributed by atoms with E-state index in [9.17, 15) is 4.79 Å². The zero-order chi connectivity index (χ0) is 18.7. The number of rotatable bonds is 2. The van der Waals surface area contributed by atoms with Crippen LogP contribution >= 0.6 is 11.8 Å². The molecule has 2 aromatic rings. The highest BCUT2D eigenvalue weighted by atomic mass is 32.2. The van der Waals surface area contributed by atoms with Crippen LogP contribution in [0.4, 0.5) is 0 Å². The van der Waals surface area contributed by atoms with E-state index in [1.54, 1.807) is 19.1 Å². The van der Waals surface area contributed by atoms with E-state index in [2.05, 4.69) is 44.7 Å². The molecule has 1 heterocycles. The van der Waals surface area contributed by atoms with Crippen molar-refractivity contribution in [3.63, 3.8) is 0 Å². The molecular weight excluding hydrogens is 340 g/mol. The molecule has 2 nitrogen and oxygen atoms in total. The molecule has 26 heavy (non-hydrogen) atoms. The molecule has 1 aliphatic rings. The Balaban J connectivity index is 1.87. The number of esters is 1. The fourth-order valence-corrected chi connectivity index (χ4v) is 4.64. The molecule has 0 unspecified atom stereocenters. The van der Waals surface area contributed by atoms with Crippen LogP contribution in [0.15, 0.2) is 41.3 Å². The van der Waals surface area contributed by atoms with Gasteiger partial charge in [-0.3, -0.25) is 0 Å². The summed E-state index contributed by atoms with van der Waals surface area (Å²) >= 11 is 1.94. The highest BCUT2D eigenvalue weighted by Crippen LogP contribution is 2.42. The number of aryl methyl sites for hydroxylation is 1. The molecule has 0 fully saturated rings. The molecule has 0 spiro atoms. The average molecular weight is 365 g/mol. The van der Waals surface area contributed by atoms with Crippen LogP contribution in [0.3, 0.4) is 0 Å². The number of thioether (sulfide) groups is 1. The molecule has 0 saturated heterocycles. The Morgan fingerprint density at radius 3 is 2.62 bits per heavy atom. The minimum atomic E-state index is -0.294. The van der Waals surface area contributed by atoms with Crippen LogP contribution in [0.2, 0.25) is 0 Å². The van der Waals surface area contributed by atoms with E-state index < -0.39 is 0 Å². The lowest BCUT2D eigenvalue weighted by Gasteiger charge is -2.32. The van der Waals surface area contributed by atoms with Gasteiger partial charge in [-0.25, -0.2) is 4.79 Å². The van der Waals surface area contributed by atoms with Crippen molar-refractivity contribution >= 4 is 17.7 Å². The van der Waals surface area contributed by atoms with Gasteiger partial charge in [-0.2, -0.15) is 0 Å². The van der Waals surface area contributed by atoms with Crippen LogP contribution in [0.1, 0.15) is 59.8 Å². The van der Waals surface area contributed by atoms with Crippen LogP contribution in [0.25, 0.3) is 0 Å². The van der Waals surface area contributed by atoms with Crippen molar-refractivity contribution in [2.45, 2.75) is 44.4 Å². The maximum absolute atomic E-state index is 11.7. The largest absolute Gasteiger partial charge is 0.462 e. The number of ether oxygens (including phenoxy) is 1. The predicted molar refractivity (Wildman–Crippen MR) is 108 cm³/mol. The molecule has 0 aliphatic carbocycles. The average Bonchev–Trinajstić information content (AvgIpc) is 2.60. The Morgan fingerprint density at radius 1 is 1.19 bits per heavy atom. The first-order chi connectivity index (χ1) is 12.4. The van der Waals surface area contributed by atoms with Gasteiger partial charge in [0.2, 0.25) is 0 Å². The Labute approximate surface area is 160 Å². The number of carbonyl (C=O) groups is 1. The number of hydrogen-bond donors (Lipinski definition) is 0. The summed E-state index contributed by atoms with van der Waals surface area (Å²) in [4.78, 5) is 13.1. The summed E-state index contributed by atoms with van der Waals surface area (Å²) in [6, 6.07) is 11.8. The number of fused-ring (bicyclic) bond motifs is 1. The normalized spacial score (nSPS) is 14.8. The fraction of sp³-hybridized carbons (Fsp3) is 0.348. The highest BCUT2D eigenvalue weighted by molar-refractivity contribution is 7.99. The van der Waals surface area contributed by atoms with Crippen molar-refractivity contribution in [2.75, 3.05) is 12.4 Å². The van der Waals surface area contributed by atoms with Crippen molar-refractivity contribution in [1.82, 2.24) is 0 Å². The molecule has 134 valence electrons. The van der Waals surface area contributed by atoms with Gasteiger partial charge in [0.05, 0.1) is 12.2 Å². The van der Waals surface area contributed by atoms with Gasteiger partial charge < -0.3 is 4.74 Å². The highest BCUT2D eigenvalue weighted by Gasteiger charge is 2.28. The smallest absolute Gasteiger partial charge is 0.338 e. The quantitative estimate of drug-likeness (QED) is 0.531. The van der Waals surface area contributed by atoms with E-state index in [0.29, 0.717) is 12.2 Å². The standard InChI is InChI=1S/C23H24O2S/c1-5-25-22(24)18-9-6-17(7-10-18)8-11-19-15-20-21(14-16(19)2)26-13-12-23(20,3)4/h6-7,9-10,14-15H,5,12-13H2,1-4H3. The molecule has 0 radical (unpaired) electrons. The summed E-state index contributed by atoms with van der Waals surface area (Å²) in [6.45, 7) is 8.93. The molecule has 2 aromatic carbocycles. The SMILES string of the molecule is CCOC(=O)c1ccc(C#Cc2cc3c(cc2C)SCCC3(C)C)cc1. The van der Waals surface area contributed by atoms with E-state index in [0.717, 1.165) is 11.1 Å². The Hall–Kier alpha value is -2.18. The van der Waals surface area contributed by atoms with E-state index >= 15 is 0 Å². The first-order valence-corrected chi connectivity index (χ1v) is 9.96. The fourth-order valence-electron chi connectivity index (χ4n) is 3.06. The van der Waals surface area contributed by atoms with Crippen molar-refractivity contribution < 1.29 is 9.53 Å². The summed E-state index contributed by atoms with van der Waals surface area (Å²) in [5, 5.41) is 0. The molecule has 0 bridgehead atoms. The molecule has 3 heteroatoms. The van der Waals surface area contributed by atoms with Crippen molar-refractivity contribution in [2.24, 2.45) is 0 Å². The van der Waals surface area contributed by atoms with Gasteiger partial charge in [-0.05, 0) is 79.0 Å². The van der Waals surface area contributed by atoms with E-state index in [4.69, 9.17) is 4.74 Å². The third-order valence-corrected chi connectivity index (χ3v) is 5.83. The second-order valence-electron chi connectivity index (χ2n) is 7.19. The number of benzene rings is 2. The van der Waals surface area contributed by atoms with Crippen LogP contribution in [-0.2, 0) is 10.2 Å². The lowest BCUT2D eigenvalue weighted by atomic mass is 9.80. The van der Waals surface area contributed by atoms with Crippen molar-refractivity contribution in [3.8, 4) is 11.8 Å². The van der Waals surface area contributed by atoms with E-state index in [-0.39, 0.29) is 11.4 Å². The molecule has 3 rings (SSSR count). The molecule has 0 atom stereocenters. The van der Waals surface area contributed by atoms with Crippen LogP contribution < -0.4 is 0 Å². The molecule has 0 aromatic heterocycles. The molecule has 0 amide bonds. The molecule has 1 aliphatic heterocycles. The van der Waals surface area contributed by atoms with Gasteiger partial charge in [0, 0.05) is 16.0 Å². The summed E-state index contributed by atoms with van der Waals surface area (Å²) in [7, 11) is 0. The Kier molecular flexibility index (Phi) is 5.44. The van der Waals surface area contributed by atoms with Gasteiger partial charge >= 0.3 is 5.97 Å². The maximum atomic E-state index is 11.7. The van der Waals surface area contributed by atoms with Crippen LogP contribution in [-0.4, -0.2) is 18.3 Å². The van der Waals surface area contributed by atoms with Gasteiger partial charge in [0.25, 0.3) is 0 Å². The lowest BCUT2D eigenvalue weighted by molar-refractivity contribution is 0.0526. The van der Waals surface area contributed by atoms with E-state index in [1.807, 2.05) is 23.9 Å². The van der Waals surface area contributed by atoms with Crippen molar-refractivity contribution in [1.29, 1.82) is 0 Å². The predicted octanol–water partition coefficient (Wildman–Crippen LogP) is 5.34. The van der Waals surface area contributed by atoms with Gasteiger partial charge in [0.15, 0.2) is 0 Å². The van der Waals surface area contributed by atoms with Crippen molar-refractivity contribution in [3.05, 3.63) is 64.2 Å². The Morgan fingerprint density at radius 2 is 1.92 bits per heavy atom. The summed E-state index contributed by atoms with van der Waals surface area (Å²) in [5.41, 5.74) is 5.34. The van der Waals surface area contributed by atoms with Gasteiger partial charge in [-0.15, -0.1) is 11.8 Å². The van der Waals surface area contributed by atoms with Gasteiger partial charge in [-0.1, -0.05) is 25.7 Å². The van der Waals surface area contributed by atoms with E-state index in [1.165, 1.54) is 28.2 Å². The number of carbonyl (C=O) groups excluding carboxylic acids is 1. The first-order valence-electron chi connectivity index (χ1n) is 8.98. The van der Waals surface area contributed by atoms with Gasteiger partial charge in [0.1, 0.15) is 0 Å². The zero-order valence-electron chi connectivity index (χ0n) is 15.8. The lowest BCUT2D eigenvalue weighted by Crippen LogP contribution is -2.23. The minimum Gasteiger partial charge on any atom is -0.462 e. The van der Waals surface area contributed by atoms with Crippen LogP contribution in [0, 0.1) is 18.8 Å². The monoisotopic (exact) mass is 364 g/mol. The topological polar surface area (TPSA) is 26.3 Å². The van der Waals surface area contributed by atoms with Crippen LogP contribution in [0.5, 0.6) is 0 Å². The first kappa shape index (κ1) is 18.6. The third-order valence-electron chi connectivity index (χ3n) is 4.78. The molecular formula is C23H24O2S. The summed E-state index contributed by atoms with van der Waals surface area (Å²) < 4.78 is 5.01. The minimum absolute atomic E-state index is 0.200. The zero-order valence-corrected chi connectivity index (χ0v) is 16.6. The third kappa shape index (κ3) is 3.97. The molecule has 0 saturated carbocycles. The second kappa shape index (κ2) is 7.60.